The molecule has 3 nitrogen and oxygen atoms in total. The van der Waals surface area contributed by atoms with E-state index in [9.17, 15) is 13.2 Å². The molecule has 0 spiro atoms. The Balaban J connectivity index is 0.000000360. The lowest BCUT2D eigenvalue weighted by Gasteiger charge is -2.22. The molecule has 0 unspecified atom stereocenters. The van der Waals surface area contributed by atoms with Crippen LogP contribution in [0, 0.1) is 0 Å². The van der Waals surface area contributed by atoms with Gasteiger partial charge in [0.25, 0.3) is 0 Å². The lowest BCUT2D eigenvalue weighted by atomic mass is 10.2. The Labute approximate surface area is 105 Å². The van der Waals surface area contributed by atoms with Crippen molar-refractivity contribution >= 4 is 5.91 Å². The van der Waals surface area contributed by atoms with Crippen LogP contribution in [0.5, 0.6) is 0 Å². The Bertz CT molecular complexity index is 322. The van der Waals surface area contributed by atoms with Gasteiger partial charge in [0.1, 0.15) is 0 Å². The fourth-order valence-electron chi connectivity index (χ4n) is 1.27. The third-order valence-corrected chi connectivity index (χ3v) is 2.21. The van der Waals surface area contributed by atoms with Crippen LogP contribution in [0.4, 0.5) is 13.2 Å². The number of primary amides is 1. The summed E-state index contributed by atoms with van der Waals surface area (Å²) in [6.07, 6.45) is 4.23. The van der Waals surface area contributed by atoms with Crippen LogP contribution in [0.1, 0.15) is 26.7 Å². The van der Waals surface area contributed by atoms with E-state index in [0.717, 1.165) is 6.54 Å². The van der Waals surface area contributed by atoms with Gasteiger partial charge in [0.2, 0.25) is 0 Å². The van der Waals surface area contributed by atoms with E-state index in [0.29, 0.717) is 0 Å². The number of allylic oxidation sites excluding steroid dienone is 2. The normalized spacial score (nSPS) is 14.7. The summed E-state index contributed by atoms with van der Waals surface area (Å²) in [7, 11) is 0. The van der Waals surface area contributed by atoms with Crippen molar-refractivity contribution in [3.63, 3.8) is 0 Å². The molecule has 0 aromatic carbocycles. The molecule has 104 valence electrons. The second-order valence-electron chi connectivity index (χ2n) is 4.04. The molecule has 0 aliphatic carbocycles. The lowest BCUT2D eigenvalue weighted by molar-refractivity contribution is -0.169. The molecule has 0 aromatic rings. The van der Waals surface area contributed by atoms with E-state index >= 15 is 0 Å². The van der Waals surface area contributed by atoms with Crippen molar-refractivity contribution in [2.24, 2.45) is 5.73 Å². The van der Waals surface area contributed by atoms with Crippen LogP contribution >= 0.6 is 0 Å². The van der Waals surface area contributed by atoms with Crippen LogP contribution in [-0.4, -0.2) is 30.1 Å². The smallest absolute Gasteiger partial charge is 0.373 e. The molecule has 0 fully saturated rings. The summed E-state index contributed by atoms with van der Waals surface area (Å²) in [5, 5.41) is 0. The predicted molar refractivity (Wildman–Crippen MR) is 64.6 cm³/mol. The Morgan fingerprint density at radius 1 is 1.50 bits per heavy atom. The van der Waals surface area contributed by atoms with Crippen molar-refractivity contribution in [3.05, 3.63) is 23.9 Å². The van der Waals surface area contributed by atoms with Crippen molar-refractivity contribution < 1.29 is 18.0 Å². The fourth-order valence-corrected chi connectivity index (χ4v) is 1.27. The Hall–Kier alpha value is -1.46. The molecule has 6 heteroatoms. The number of unbranched alkanes of at least 4 members (excludes halogenated alkanes) is 1. The fraction of sp³-hybridized carbons (Fsp3) is 0.583. The summed E-state index contributed by atoms with van der Waals surface area (Å²) in [5.41, 5.74) is 5.27. The van der Waals surface area contributed by atoms with Gasteiger partial charge >= 0.3 is 12.1 Å². The number of halogens is 3. The van der Waals surface area contributed by atoms with Crippen LogP contribution in [-0.2, 0) is 4.79 Å². The zero-order valence-electron chi connectivity index (χ0n) is 10.6. The van der Waals surface area contributed by atoms with Crippen molar-refractivity contribution in [3.8, 4) is 0 Å². The maximum Gasteiger partial charge on any atom is 0.470 e. The first-order valence-electron chi connectivity index (χ1n) is 5.72. The summed E-state index contributed by atoms with van der Waals surface area (Å²) in [6.45, 7) is 6.74. The molecule has 18 heavy (non-hydrogen) atoms. The minimum atomic E-state index is -4.86. The van der Waals surface area contributed by atoms with Gasteiger partial charge in [0.05, 0.1) is 0 Å². The highest BCUT2D eigenvalue weighted by Gasteiger charge is 2.35. The predicted octanol–water partition coefficient (Wildman–Crippen LogP) is 2.60. The molecule has 0 atom stereocenters. The highest BCUT2D eigenvalue weighted by molar-refractivity contribution is 5.79. The molecule has 1 rings (SSSR count). The Morgan fingerprint density at radius 3 is 2.44 bits per heavy atom. The van der Waals surface area contributed by atoms with Gasteiger partial charge in [-0.25, -0.2) is 0 Å². The van der Waals surface area contributed by atoms with Crippen LogP contribution in [0.25, 0.3) is 0 Å². The highest BCUT2D eigenvalue weighted by atomic mass is 19.4. The van der Waals surface area contributed by atoms with Gasteiger partial charge in [-0.1, -0.05) is 25.0 Å². The molecule has 0 bridgehead atoms. The van der Waals surface area contributed by atoms with E-state index in [1.54, 1.807) is 0 Å². The van der Waals surface area contributed by atoms with E-state index in [1.807, 2.05) is 0 Å². The third kappa shape index (κ3) is 7.76. The van der Waals surface area contributed by atoms with Crippen molar-refractivity contribution in [1.29, 1.82) is 0 Å². The number of nitrogens with two attached hydrogens (primary N) is 1. The summed E-state index contributed by atoms with van der Waals surface area (Å²) < 4.78 is 32.1. The highest BCUT2D eigenvalue weighted by Crippen LogP contribution is 2.11. The number of hydrogen-bond donors (Lipinski definition) is 1. The van der Waals surface area contributed by atoms with Gasteiger partial charge in [-0.3, -0.25) is 4.79 Å². The van der Waals surface area contributed by atoms with E-state index in [1.165, 1.54) is 25.0 Å². The van der Waals surface area contributed by atoms with Crippen LogP contribution in [0.2, 0.25) is 0 Å². The van der Waals surface area contributed by atoms with Gasteiger partial charge < -0.3 is 10.6 Å². The molecule has 1 aliphatic heterocycles. The van der Waals surface area contributed by atoms with E-state index < -0.39 is 12.1 Å². The molecule has 0 saturated heterocycles. The number of carbonyl (C=O) groups excluding carboxylic acids is 1. The average Bonchev–Trinajstić information content (AvgIpc) is 2.26. The molecule has 0 aromatic heterocycles. The minimum absolute atomic E-state index is 1.12. The summed E-state index contributed by atoms with van der Waals surface area (Å²) in [4.78, 5) is 11.5. The van der Waals surface area contributed by atoms with E-state index in [-0.39, 0.29) is 0 Å². The van der Waals surface area contributed by atoms with Crippen LogP contribution < -0.4 is 5.73 Å². The number of hydrogen-bond acceptors (Lipinski definition) is 2. The first-order valence-corrected chi connectivity index (χ1v) is 5.72. The molecule has 1 amide bonds. The average molecular weight is 264 g/mol. The molecular weight excluding hydrogens is 245 g/mol. The number of nitrogens with zero attached hydrogens (tertiary/aromatic N) is 1. The first-order chi connectivity index (χ1) is 8.27. The number of carbonyl (C=O) groups is 1. The molecule has 0 saturated carbocycles. The number of alkyl halides is 3. The van der Waals surface area contributed by atoms with Gasteiger partial charge in [0.15, 0.2) is 0 Å². The third-order valence-electron chi connectivity index (χ3n) is 2.21. The number of rotatable bonds is 3. The molecule has 0 radical (unpaired) electrons. The summed E-state index contributed by atoms with van der Waals surface area (Å²) >= 11 is 0. The molecule has 1 aliphatic rings. The second-order valence-corrected chi connectivity index (χ2v) is 4.04. The standard InChI is InChI=1S/C10H17N.C2H2F3NO/c1-3-4-7-11-8-5-6-10(2)9-11;3-2(4,5)1(6)7/h5-6,8H,3-4,7,9H2,1-2H3;(H2,6,7). The van der Waals surface area contributed by atoms with Gasteiger partial charge in [-0.05, 0) is 25.6 Å². The second kappa shape index (κ2) is 7.79. The van der Waals surface area contributed by atoms with Gasteiger partial charge in [0, 0.05) is 13.1 Å². The maximum absolute atomic E-state index is 10.7. The van der Waals surface area contributed by atoms with Crippen molar-refractivity contribution in [2.75, 3.05) is 13.1 Å². The Kier molecular flexibility index (Phi) is 7.16. The van der Waals surface area contributed by atoms with Crippen molar-refractivity contribution in [2.45, 2.75) is 32.9 Å². The number of amides is 1. The Morgan fingerprint density at radius 2 is 2.06 bits per heavy atom. The van der Waals surface area contributed by atoms with Crippen LogP contribution in [0.3, 0.4) is 0 Å². The SMILES string of the molecule is CCCCN1C=CC=C(C)C1.NC(=O)C(F)(F)F. The molecule has 2 N–H and O–H groups in total. The largest absolute Gasteiger partial charge is 0.470 e. The van der Waals surface area contributed by atoms with Crippen LogP contribution in [0.15, 0.2) is 23.9 Å². The zero-order chi connectivity index (χ0) is 14.2. The topological polar surface area (TPSA) is 46.3 Å². The minimum Gasteiger partial charge on any atom is -0.373 e. The quantitative estimate of drug-likeness (QED) is 0.851. The molecular formula is C12H19F3N2O. The lowest BCUT2D eigenvalue weighted by Crippen LogP contribution is -2.30. The van der Waals surface area contributed by atoms with E-state index in [2.05, 4.69) is 42.8 Å². The van der Waals surface area contributed by atoms with E-state index in [4.69, 9.17) is 4.79 Å². The van der Waals surface area contributed by atoms with Crippen molar-refractivity contribution in [1.82, 2.24) is 4.90 Å². The summed E-state index contributed by atoms with van der Waals surface area (Å²) in [6, 6.07) is 0. The maximum atomic E-state index is 10.7. The van der Waals surface area contributed by atoms with Gasteiger partial charge in [-0.2, -0.15) is 13.2 Å². The zero-order valence-corrected chi connectivity index (χ0v) is 10.6. The van der Waals surface area contributed by atoms with Gasteiger partial charge in [-0.15, -0.1) is 0 Å². The monoisotopic (exact) mass is 264 g/mol. The first kappa shape index (κ1) is 16.5. The molecule has 1 heterocycles. The summed E-state index contributed by atoms with van der Waals surface area (Å²) in [5.74, 6) is -2.26.